The predicted molar refractivity (Wildman–Crippen MR) is 56.3 cm³/mol. The van der Waals surface area contributed by atoms with Crippen molar-refractivity contribution in [3.05, 3.63) is 34.2 Å². The van der Waals surface area contributed by atoms with Gasteiger partial charge in [0.05, 0.1) is 0 Å². The van der Waals surface area contributed by atoms with Gasteiger partial charge < -0.3 is 15.4 Å². The summed E-state index contributed by atoms with van der Waals surface area (Å²) in [5.41, 5.74) is -0.340. The lowest BCUT2D eigenvalue weighted by molar-refractivity contribution is -0.137. The van der Waals surface area contributed by atoms with Crippen molar-refractivity contribution in [1.29, 1.82) is 0 Å². The Balaban J connectivity index is 2.45. The summed E-state index contributed by atoms with van der Waals surface area (Å²) >= 11 is 0. The van der Waals surface area contributed by atoms with E-state index >= 15 is 0 Å². The fraction of sp³-hybridized carbons (Fsp3) is 0.300. The van der Waals surface area contributed by atoms with Crippen LogP contribution in [0.4, 0.5) is 0 Å². The lowest BCUT2D eigenvalue weighted by Gasteiger charge is -2.02. The zero-order valence-electron chi connectivity index (χ0n) is 8.53. The number of amides is 1. The highest BCUT2D eigenvalue weighted by atomic mass is 16.4. The Morgan fingerprint density at radius 1 is 1.44 bits per heavy atom. The summed E-state index contributed by atoms with van der Waals surface area (Å²) in [4.78, 5) is 35.5. The molecule has 0 aliphatic carbocycles. The maximum atomic E-state index is 11.4. The maximum Gasteiger partial charge on any atom is 0.303 e. The van der Waals surface area contributed by atoms with Gasteiger partial charge in [0.2, 0.25) is 0 Å². The van der Waals surface area contributed by atoms with Crippen LogP contribution in [-0.2, 0) is 4.79 Å². The van der Waals surface area contributed by atoms with Crippen molar-refractivity contribution in [2.24, 2.45) is 0 Å². The number of aromatic amines is 1. The number of carbonyl (C=O) groups excluding carboxylic acids is 1. The molecule has 86 valence electrons. The second-order valence-electron chi connectivity index (χ2n) is 3.18. The van der Waals surface area contributed by atoms with Crippen LogP contribution in [0.15, 0.2) is 23.3 Å². The lowest BCUT2D eigenvalue weighted by atomic mass is 10.2. The van der Waals surface area contributed by atoms with Gasteiger partial charge in [0.25, 0.3) is 5.91 Å². The molecule has 0 spiro atoms. The molecule has 3 N–H and O–H groups in total. The van der Waals surface area contributed by atoms with E-state index in [2.05, 4.69) is 10.3 Å². The number of rotatable bonds is 5. The number of hydrogen-bond acceptors (Lipinski definition) is 3. The first-order valence-corrected chi connectivity index (χ1v) is 4.78. The van der Waals surface area contributed by atoms with Gasteiger partial charge in [0.1, 0.15) is 5.56 Å². The van der Waals surface area contributed by atoms with E-state index in [1.165, 1.54) is 18.5 Å². The number of carboxylic acids is 1. The maximum absolute atomic E-state index is 11.4. The SMILES string of the molecule is O=C(O)CCCNC(=O)c1c[nH]ccc1=O. The smallest absolute Gasteiger partial charge is 0.303 e. The summed E-state index contributed by atoms with van der Waals surface area (Å²) in [5, 5.41) is 10.8. The number of aromatic nitrogens is 1. The Labute approximate surface area is 91.3 Å². The van der Waals surface area contributed by atoms with Crippen LogP contribution in [0.2, 0.25) is 0 Å². The molecule has 1 rings (SSSR count). The van der Waals surface area contributed by atoms with E-state index < -0.39 is 11.9 Å². The van der Waals surface area contributed by atoms with E-state index in [0.29, 0.717) is 6.42 Å². The van der Waals surface area contributed by atoms with Gasteiger partial charge in [-0.05, 0) is 6.42 Å². The Morgan fingerprint density at radius 3 is 2.81 bits per heavy atom. The summed E-state index contributed by atoms with van der Waals surface area (Å²) in [7, 11) is 0. The van der Waals surface area contributed by atoms with Crippen molar-refractivity contribution in [3.8, 4) is 0 Å². The van der Waals surface area contributed by atoms with Crippen molar-refractivity contribution in [3.63, 3.8) is 0 Å². The molecule has 0 atom stereocenters. The molecule has 1 aromatic heterocycles. The first-order chi connectivity index (χ1) is 7.61. The third-order valence-corrected chi connectivity index (χ3v) is 1.92. The first kappa shape index (κ1) is 12.0. The second-order valence-corrected chi connectivity index (χ2v) is 3.18. The summed E-state index contributed by atoms with van der Waals surface area (Å²) in [6.07, 6.45) is 3.08. The minimum atomic E-state index is -0.910. The van der Waals surface area contributed by atoms with E-state index in [0.717, 1.165) is 0 Å². The van der Waals surface area contributed by atoms with Crippen LogP contribution in [0.25, 0.3) is 0 Å². The third-order valence-electron chi connectivity index (χ3n) is 1.92. The van der Waals surface area contributed by atoms with Crippen molar-refractivity contribution in [2.45, 2.75) is 12.8 Å². The molecule has 6 nitrogen and oxygen atoms in total. The molecule has 16 heavy (non-hydrogen) atoms. The Hall–Kier alpha value is -2.11. The quantitative estimate of drug-likeness (QED) is 0.611. The van der Waals surface area contributed by atoms with Crippen molar-refractivity contribution < 1.29 is 14.7 Å². The van der Waals surface area contributed by atoms with Crippen LogP contribution in [-0.4, -0.2) is 28.5 Å². The summed E-state index contributed by atoms with van der Waals surface area (Å²) in [6, 6.07) is 1.26. The molecule has 0 bridgehead atoms. The number of carbonyl (C=O) groups is 2. The van der Waals surface area contributed by atoms with Gasteiger partial charge in [0.15, 0.2) is 5.43 Å². The van der Waals surface area contributed by atoms with Crippen LogP contribution in [0.1, 0.15) is 23.2 Å². The lowest BCUT2D eigenvalue weighted by Crippen LogP contribution is -2.29. The standard InChI is InChI=1S/C10H12N2O4/c13-8-3-5-11-6-7(8)10(16)12-4-1-2-9(14)15/h3,5-6H,1-2,4H2,(H,11,13)(H,12,16)(H,14,15). The molecule has 0 radical (unpaired) electrons. The topological polar surface area (TPSA) is 99.3 Å². The number of nitrogens with one attached hydrogen (secondary N) is 2. The number of carboxylic acid groups (broad SMARTS) is 1. The molecule has 0 unspecified atom stereocenters. The van der Waals surface area contributed by atoms with Crippen molar-refractivity contribution in [2.75, 3.05) is 6.54 Å². The number of aliphatic carboxylic acids is 1. The van der Waals surface area contributed by atoms with E-state index in [1.54, 1.807) is 0 Å². The molecule has 6 heteroatoms. The molecule has 0 aliphatic heterocycles. The van der Waals surface area contributed by atoms with Crippen molar-refractivity contribution in [1.82, 2.24) is 10.3 Å². The summed E-state index contributed by atoms with van der Waals surface area (Å²) in [5.74, 6) is -1.40. The minimum Gasteiger partial charge on any atom is -0.481 e. The highest BCUT2D eigenvalue weighted by Gasteiger charge is 2.08. The van der Waals surface area contributed by atoms with Crippen LogP contribution in [0.3, 0.4) is 0 Å². The molecule has 0 fully saturated rings. The predicted octanol–water partition coefficient (Wildman–Crippen LogP) is -0.0305. The molecular formula is C10H12N2O4. The Morgan fingerprint density at radius 2 is 2.19 bits per heavy atom. The first-order valence-electron chi connectivity index (χ1n) is 4.78. The summed E-state index contributed by atoms with van der Waals surface area (Å²) in [6.45, 7) is 0.236. The Kier molecular flexibility index (Phi) is 4.26. The van der Waals surface area contributed by atoms with E-state index in [-0.39, 0.29) is 24.0 Å². The Bertz CT molecular complexity index is 438. The molecular weight excluding hydrogens is 212 g/mol. The van der Waals surface area contributed by atoms with Gasteiger partial charge in [-0.1, -0.05) is 0 Å². The highest BCUT2D eigenvalue weighted by molar-refractivity contribution is 5.93. The zero-order valence-corrected chi connectivity index (χ0v) is 8.53. The van der Waals surface area contributed by atoms with E-state index in [4.69, 9.17) is 5.11 Å². The second kappa shape index (κ2) is 5.69. The van der Waals surface area contributed by atoms with Crippen LogP contribution >= 0.6 is 0 Å². The molecule has 0 aromatic carbocycles. The van der Waals surface area contributed by atoms with E-state index in [9.17, 15) is 14.4 Å². The molecule has 0 saturated carbocycles. The van der Waals surface area contributed by atoms with Crippen molar-refractivity contribution >= 4 is 11.9 Å². The fourth-order valence-corrected chi connectivity index (χ4v) is 1.13. The van der Waals surface area contributed by atoms with Gasteiger partial charge >= 0.3 is 5.97 Å². The van der Waals surface area contributed by atoms with Gasteiger partial charge in [-0.25, -0.2) is 0 Å². The normalized spacial score (nSPS) is 9.75. The largest absolute Gasteiger partial charge is 0.481 e. The molecule has 1 aromatic rings. The third kappa shape index (κ3) is 3.56. The van der Waals surface area contributed by atoms with Gasteiger partial charge in [-0.3, -0.25) is 14.4 Å². The highest BCUT2D eigenvalue weighted by Crippen LogP contribution is 1.90. The van der Waals surface area contributed by atoms with Crippen LogP contribution < -0.4 is 10.7 Å². The molecule has 0 aliphatic rings. The van der Waals surface area contributed by atoms with Gasteiger partial charge in [0, 0.05) is 31.4 Å². The minimum absolute atomic E-state index is 0.00851. The number of pyridine rings is 1. The molecule has 0 saturated heterocycles. The molecule has 1 amide bonds. The van der Waals surface area contributed by atoms with Crippen LogP contribution in [0.5, 0.6) is 0 Å². The fourth-order valence-electron chi connectivity index (χ4n) is 1.13. The van der Waals surface area contributed by atoms with Gasteiger partial charge in [-0.15, -0.1) is 0 Å². The van der Waals surface area contributed by atoms with Crippen LogP contribution in [0, 0.1) is 0 Å². The summed E-state index contributed by atoms with van der Waals surface area (Å²) < 4.78 is 0. The van der Waals surface area contributed by atoms with E-state index in [1.807, 2.05) is 0 Å². The average Bonchev–Trinajstić information content (AvgIpc) is 2.24. The molecule has 1 heterocycles. The zero-order chi connectivity index (χ0) is 12.0. The number of H-pyrrole nitrogens is 1. The average molecular weight is 224 g/mol. The van der Waals surface area contributed by atoms with Gasteiger partial charge in [-0.2, -0.15) is 0 Å². The number of hydrogen-bond donors (Lipinski definition) is 3. The monoisotopic (exact) mass is 224 g/mol.